The topological polar surface area (TPSA) is 59.0 Å². The van der Waals surface area contributed by atoms with Crippen LogP contribution in [0.5, 0.6) is 5.75 Å². The van der Waals surface area contributed by atoms with Crippen molar-refractivity contribution in [1.29, 1.82) is 0 Å². The lowest BCUT2D eigenvalue weighted by atomic mass is 9.74. The molecule has 0 aromatic heterocycles. The molecule has 0 radical (unpaired) electrons. The van der Waals surface area contributed by atoms with Gasteiger partial charge in [-0.2, -0.15) is 0 Å². The maximum absolute atomic E-state index is 13.8. The van der Waals surface area contributed by atoms with Crippen LogP contribution < -0.4 is 4.74 Å². The molecule has 120 valence electrons. The monoisotopic (exact) mass is 309 g/mol. The van der Waals surface area contributed by atoms with E-state index in [0.717, 1.165) is 5.56 Å². The van der Waals surface area contributed by atoms with Gasteiger partial charge < -0.3 is 14.6 Å². The average molecular weight is 309 g/mol. The van der Waals surface area contributed by atoms with Crippen molar-refractivity contribution in [2.24, 2.45) is 11.3 Å². The predicted molar refractivity (Wildman–Crippen MR) is 77.2 cm³/mol. The van der Waals surface area contributed by atoms with E-state index in [4.69, 9.17) is 9.47 Å². The smallest absolute Gasteiger partial charge is 0.311 e. The van der Waals surface area contributed by atoms with Crippen LogP contribution in [0.25, 0.3) is 0 Å². The zero-order chi connectivity index (χ0) is 15.7. The number of carboxylic acid groups (broad SMARTS) is 1. The molecule has 6 heteroatoms. The van der Waals surface area contributed by atoms with Gasteiger partial charge in [-0.3, -0.25) is 9.69 Å². The number of methoxy groups -OCH3 is 1. The van der Waals surface area contributed by atoms with E-state index in [2.05, 4.69) is 4.90 Å². The van der Waals surface area contributed by atoms with E-state index in [0.29, 0.717) is 39.3 Å². The molecule has 2 atom stereocenters. The quantitative estimate of drug-likeness (QED) is 0.918. The van der Waals surface area contributed by atoms with E-state index >= 15 is 0 Å². The summed E-state index contributed by atoms with van der Waals surface area (Å²) in [5.74, 6) is -0.923. The number of aliphatic carboxylic acids is 1. The largest absolute Gasteiger partial charge is 0.494 e. The molecule has 1 aromatic rings. The molecule has 0 saturated carbocycles. The molecule has 0 aliphatic carbocycles. The Morgan fingerprint density at radius 1 is 1.59 bits per heavy atom. The molecule has 2 aliphatic rings. The molecule has 22 heavy (non-hydrogen) atoms. The van der Waals surface area contributed by atoms with Gasteiger partial charge in [-0.25, -0.2) is 4.39 Å². The molecule has 2 saturated heterocycles. The summed E-state index contributed by atoms with van der Waals surface area (Å²) < 4.78 is 24.1. The van der Waals surface area contributed by atoms with Crippen LogP contribution in [0.3, 0.4) is 0 Å². The molecule has 2 aliphatic heterocycles. The summed E-state index contributed by atoms with van der Waals surface area (Å²) in [6.45, 7) is 2.67. The molecule has 1 N–H and O–H groups in total. The summed E-state index contributed by atoms with van der Waals surface area (Å²) in [4.78, 5) is 13.8. The Labute approximate surface area is 128 Å². The molecular formula is C16H20FNO4. The Bertz CT molecular complexity index is 579. The third-order valence-electron chi connectivity index (χ3n) is 4.83. The average Bonchev–Trinajstić information content (AvgIpc) is 2.86. The first-order chi connectivity index (χ1) is 10.5. The number of fused-ring (bicyclic) bond motifs is 1. The molecule has 0 unspecified atom stereocenters. The fourth-order valence-corrected chi connectivity index (χ4v) is 3.59. The third-order valence-corrected chi connectivity index (χ3v) is 4.83. The van der Waals surface area contributed by atoms with Gasteiger partial charge in [0.1, 0.15) is 0 Å². The SMILES string of the molecule is COc1ccc(CN2C[C@@H]3COCC[C@]3(C(=O)O)C2)cc1F. The van der Waals surface area contributed by atoms with Crippen LogP contribution in [-0.2, 0) is 16.1 Å². The lowest BCUT2D eigenvalue weighted by Crippen LogP contribution is -2.44. The third kappa shape index (κ3) is 2.57. The van der Waals surface area contributed by atoms with Crippen molar-refractivity contribution in [2.45, 2.75) is 13.0 Å². The highest BCUT2D eigenvalue weighted by atomic mass is 19.1. The van der Waals surface area contributed by atoms with Gasteiger partial charge >= 0.3 is 5.97 Å². The first-order valence-electron chi connectivity index (χ1n) is 7.41. The number of halogens is 1. The van der Waals surface area contributed by atoms with E-state index in [1.807, 2.05) is 6.07 Å². The van der Waals surface area contributed by atoms with Crippen molar-refractivity contribution in [2.75, 3.05) is 33.4 Å². The van der Waals surface area contributed by atoms with Gasteiger partial charge in [-0.05, 0) is 24.1 Å². The maximum Gasteiger partial charge on any atom is 0.311 e. The minimum Gasteiger partial charge on any atom is -0.494 e. The Kier molecular flexibility index (Phi) is 4.06. The normalized spacial score (nSPS) is 28.4. The van der Waals surface area contributed by atoms with Crippen molar-refractivity contribution in [1.82, 2.24) is 4.90 Å². The lowest BCUT2D eigenvalue weighted by Gasteiger charge is -2.34. The van der Waals surface area contributed by atoms with Crippen molar-refractivity contribution in [3.05, 3.63) is 29.6 Å². The van der Waals surface area contributed by atoms with Crippen molar-refractivity contribution >= 4 is 5.97 Å². The second-order valence-electron chi connectivity index (χ2n) is 6.12. The number of benzene rings is 1. The second-order valence-corrected chi connectivity index (χ2v) is 6.12. The summed E-state index contributed by atoms with van der Waals surface area (Å²) >= 11 is 0. The fourth-order valence-electron chi connectivity index (χ4n) is 3.59. The van der Waals surface area contributed by atoms with Crippen LogP contribution in [0.4, 0.5) is 4.39 Å². The van der Waals surface area contributed by atoms with Crippen molar-refractivity contribution < 1.29 is 23.8 Å². The zero-order valence-corrected chi connectivity index (χ0v) is 12.5. The number of hydrogen-bond acceptors (Lipinski definition) is 4. The van der Waals surface area contributed by atoms with Crippen molar-refractivity contribution in [3.63, 3.8) is 0 Å². The van der Waals surface area contributed by atoms with Gasteiger partial charge in [0.25, 0.3) is 0 Å². The van der Waals surface area contributed by atoms with Crippen LogP contribution in [0, 0.1) is 17.2 Å². The van der Waals surface area contributed by atoms with Crippen LogP contribution >= 0.6 is 0 Å². The number of carboxylic acids is 1. The van der Waals surface area contributed by atoms with Gasteiger partial charge in [0.15, 0.2) is 11.6 Å². The highest BCUT2D eigenvalue weighted by molar-refractivity contribution is 5.76. The highest BCUT2D eigenvalue weighted by Crippen LogP contribution is 2.42. The molecule has 2 fully saturated rings. The first-order valence-corrected chi connectivity index (χ1v) is 7.41. The Morgan fingerprint density at radius 3 is 3.05 bits per heavy atom. The summed E-state index contributed by atoms with van der Waals surface area (Å²) in [6.07, 6.45) is 0.542. The molecule has 0 spiro atoms. The fraction of sp³-hybridized carbons (Fsp3) is 0.562. The molecule has 2 heterocycles. The van der Waals surface area contributed by atoms with Gasteiger partial charge in [0.2, 0.25) is 0 Å². The summed E-state index contributed by atoms with van der Waals surface area (Å²) in [5, 5.41) is 9.64. The summed E-state index contributed by atoms with van der Waals surface area (Å²) in [6, 6.07) is 4.86. The predicted octanol–water partition coefficient (Wildman–Crippen LogP) is 1.76. The zero-order valence-electron chi connectivity index (χ0n) is 12.5. The second kappa shape index (κ2) is 5.85. The van der Waals surface area contributed by atoms with Gasteiger partial charge in [0.05, 0.1) is 19.1 Å². The molecule has 0 amide bonds. The van der Waals surface area contributed by atoms with Gasteiger partial charge in [0, 0.05) is 32.2 Å². The van der Waals surface area contributed by atoms with Gasteiger partial charge in [-0.1, -0.05) is 6.07 Å². The maximum atomic E-state index is 13.8. The van der Waals surface area contributed by atoms with Crippen LogP contribution in [0.1, 0.15) is 12.0 Å². The first kappa shape index (κ1) is 15.2. The standard InChI is InChI=1S/C16H20FNO4/c1-21-14-3-2-11(6-13(14)17)7-18-8-12-9-22-5-4-16(12,10-18)15(19)20/h2-3,6,12H,4-5,7-10H2,1H3,(H,19,20)/t12-,16+/m1/s1. The number of carbonyl (C=O) groups is 1. The molecule has 3 rings (SSSR count). The van der Waals surface area contributed by atoms with E-state index in [-0.39, 0.29) is 11.7 Å². The number of likely N-dealkylation sites (tertiary alicyclic amines) is 1. The van der Waals surface area contributed by atoms with Crippen molar-refractivity contribution in [3.8, 4) is 5.75 Å². The lowest BCUT2D eigenvalue weighted by molar-refractivity contribution is -0.157. The molecule has 1 aromatic carbocycles. The minimum atomic E-state index is -0.746. The Balaban J connectivity index is 1.74. The van der Waals surface area contributed by atoms with E-state index in [9.17, 15) is 14.3 Å². The summed E-state index contributed by atoms with van der Waals surface area (Å²) in [7, 11) is 1.43. The van der Waals surface area contributed by atoms with Crippen LogP contribution in [-0.4, -0.2) is 49.4 Å². The Morgan fingerprint density at radius 2 is 2.41 bits per heavy atom. The minimum absolute atomic E-state index is 0.00171. The van der Waals surface area contributed by atoms with Crippen LogP contribution in [0.2, 0.25) is 0 Å². The number of hydrogen-bond donors (Lipinski definition) is 1. The van der Waals surface area contributed by atoms with Crippen LogP contribution in [0.15, 0.2) is 18.2 Å². The highest BCUT2D eigenvalue weighted by Gasteiger charge is 2.53. The molecule has 0 bridgehead atoms. The summed E-state index contributed by atoms with van der Waals surface area (Å²) in [5.41, 5.74) is 0.0990. The number of nitrogens with zero attached hydrogens (tertiary/aromatic N) is 1. The van der Waals surface area contributed by atoms with Gasteiger partial charge in [-0.15, -0.1) is 0 Å². The Hall–Kier alpha value is -1.66. The van der Waals surface area contributed by atoms with E-state index in [1.54, 1.807) is 6.07 Å². The van der Waals surface area contributed by atoms with E-state index < -0.39 is 17.2 Å². The number of rotatable bonds is 4. The molecule has 5 nitrogen and oxygen atoms in total. The van der Waals surface area contributed by atoms with E-state index in [1.165, 1.54) is 13.2 Å². The molecular weight excluding hydrogens is 289 g/mol. The number of ether oxygens (including phenoxy) is 2.